The Balaban J connectivity index is 1.60. The highest BCUT2D eigenvalue weighted by molar-refractivity contribution is 5.85. The highest BCUT2D eigenvalue weighted by Gasteiger charge is 2.38. The maximum atomic E-state index is 12.8. The molecular weight excluding hydrogens is 290 g/mol. The van der Waals surface area contributed by atoms with Gasteiger partial charge in [0.1, 0.15) is 0 Å². The Kier molecular flexibility index (Phi) is 4.99. The van der Waals surface area contributed by atoms with Crippen molar-refractivity contribution in [1.82, 2.24) is 4.90 Å². The van der Waals surface area contributed by atoms with Gasteiger partial charge in [0.15, 0.2) is 0 Å². The first-order valence-corrected chi connectivity index (χ1v) is 8.73. The number of carbonyl (C=O) groups excluding carboxylic acids is 1. The van der Waals surface area contributed by atoms with Crippen LogP contribution in [-0.2, 0) is 9.59 Å². The summed E-state index contributed by atoms with van der Waals surface area (Å²) in [6.45, 7) is 1.50. The van der Waals surface area contributed by atoms with E-state index in [1.807, 2.05) is 11.0 Å². The average molecular weight is 315 g/mol. The molecule has 1 amide bonds. The van der Waals surface area contributed by atoms with Crippen LogP contribution in [0.15, 0.2) is 30.3 Å². The summed E-state index contributed by atoms with van der Waals surface area (Å²) in [5, 5.41) is 9.38. The van der Waals surface area contributed by atoms with Crippen molar-refractivity contribution in [3.8, 4) is 0 Å². The number of likely N-dealkylation sites (tertiary alicyclic amines) is 1. The fraction of sp³-hybridized carbons (Fsp3) is 0.579. The van der Waals surface area contributed by atoms with Crippen molar-refractivity contribution in [3.05, 3.63) is 35.9 Å². The molecule has 2 atom stereocenters. The zero-order chi connectivity index (χ0) is 16.2. The third-order valence-corrected chi connectivity index (χ3v) is 5.48. The largest absolute Gasteiger partial charge is 0.481 e. The normalized spacial score (nSPS) is 26.0. The van der Waals surface area contributed by atoms with Gasteiger partial charge in [0.05, 0.1) is 11.8 Å². The van der Waals surface area contributed by atoms with Crippen molar-refractivity contribution in [2.45, 2.75) is 44.4 Å². The van der Waals surface area contributed by atoms with Crippen LogP contribution in [-0.4, -0.2) is 35.0 Å². The molecule has 23 heavy (non-hydrogen) atoms. The zero-order valence-electron chi connectivity index (χ0n) is 13.5. The molecule has 1 N–H and O–H groups in total. The number of carboxylic acid groups (broad SMARTS) is 1. The SMILES string of the molecule is O=C(O)[C@H]1CCCC[C@@H]1C(=O)N1CCC(c2ccccc2)CC1. The molecule has 4 heteroatoms. The van der Waals surface area contributed by atoms with Gasteiger partial charge in [-0.25, -0.2) is 0 Å². The fourth-order valence-electron chi connectivity index (χ4n) is 4.11. The van der Waals surface area contributed by atoms with E-state index in [9.17, 15) is 14.7 Å². The molecule has 1 aliphatic heterocycles. The van der Waals surface area contributed by atoms with Gasteiger partial charge in [-0.05, 0) is 37.2 Å². The molecule has 2 aliphatic rings. The number of hydrogen-bond donors (Lipinski definition) is 1. The highest BCUT2D eigenvalue weighted by Crippen LogP contribution is 2.34. The van der Waals surface area contributed by atoms with Gasteiger partial charge in [-0.2, -0.15) is 0 Å². The molecule has 1 saturated heterocycles. The second-order valence-corrected chi connectivity index (χ2v) is 6.85. The van der Waals surface area contributed by atoms with Crippen LogP contribution in [0.5, 0.6) is 0 Å². The minimum atomic E-state index is -0.803. The van der Waals surface area contributed by atoms with E-state index in [0.29, 0.717) is 12.3 Å². The van der Waals surface area contributed by atoms with E-state index in [1.165, 1.54) is 5.56 Å². The van der Waals surface area contributed by atoms with Gasteiger partial charge < -0.3 is 10.0 Å². The molecule has 0 unspecified atom stereocenters. The van der Waals surface area contributed by atoms with Crippen LogP contribution in [0.3, 0.4) is 0 Å². The fourth-order valence-corrected chi connectivity index (χ4v) is 4.11. The van der Waals surface area contributed by atoms with Gasteiger partial charge in [-0.3, -0.25) is 9.59 Å². The minimum Gasteiger partial charge on any atom is -0.481 e. The van der Waals surface area contributed by atoms with Gasteiger partial charge in [-0.15, -0.1) is 0 Å². The lowest BCUT2D eigenvalue weighted by molar-refractivity contribution is -0.152. The summed E-state index contributed by atoms with van der Waals surface area (Å²) < 4.78 is 0. The van der Waals surface area contributed by atoms with Crippen LogP contribution in [0.4, 0.5) is 0 Å². The Morgan fingerprint density at radius 2 is 1.52 bits per heavy atom. The quantitative estimate of drug-likeness (QED) is 0.931. The van der Waals surface area contributed by atoms with Gasteiger partial charge in [-0.1, -0.05) is 43.2 Å². The van der Waals surface area contributed by atoms with Crippen molar-refractivity contribution in [3.63, 3.8) is 0 Å². The molecule has 124 valence electrons. The second kappa shape index (κ2) is 7.16. The van der Waals surface area contributed by atoms with E-state index in [2.05, 4.69) is 24.3 Å². The van der Waals surface area contributed by atoms with Crippen molar-refractivity contribution < 1.29 is 14.7 Å². The van der Waals surface area contributed by atoms with Crippen LogP contribution in [0.2, 0.25) is 0 Å². The predicted molar refractivity (Wildman–Crippen MR) is 88.1 cm³/mol. The topological polar surface area (TPSA) is 57.6 Å². The Morgan fingerprint density at radius 3 is 2.13 bits per heavy atom. The van der Waals surface area contributed by atoms with Crippen molar-refractivity contribution in [2.24, 2.45) is 11.8 Å². The maximum absolute atomic E-state index is 12.8. The van der Waals surface area contributed by atoms with Crippen LogP contribution < -0.4 is 0 Å². The first kappa shape index (κ1) is 16.0. The molecule has 0 radical (unpaired) electrons. The maximum Gasteiger partial charge on any atom is 0.307 e. The second-order valence-electron chi connectivity index (χ2n) is 6.85. The molecule has 4 nitrogen and oxygen atoms in total. The van der Waals surface area contributed by atoms with E-state index in [-0.39, 0.29) is 11.8 Å². The molecule has 1 aromatic rings. The lowest BCUT2D eigenvalue weighted by Gasteiger charge is -2.37. The first-order chi connectivity index (χ1) is 11.2. The number of carboxylic acids is 1. The third kappa shape index (κ3) is 3.57. The third-order valence-electron chi connectivity index (χ3n) is 5.48. The van der Waals surface area contributed by atoms with Gasteiger partial charge in [0, 0.05) is 13.1 Å². The van der Waals surface area contributed by atoms with Crippen molar-refractivity contribution >= 4 is 11.9 Å². The number of amides is 1. The number of nitrogens with zero attached hydrogens (tertiary/aromatic N) is 1. The molecule has 0 bridgehead atoms. The van der Waals surface area contributed by atoms with E-state index in [0.717, 1.165) is 45.2 Å². The molecule has 1 aliphatic carbocycles. The Labute approximate surface area is 137 Å². The average Bonchev–Trinajstić information content (AvgIpc) is 2.62. The van der Waals surface area contributed by atoms with Crippen LogP contribution >= 0.6 is 0 Å². The van der Waals surface area contributed by atoms with Crippen LogP contribution in [0, 0.1) is 11.8 Å². The number of rotatable bonds is 3. The Hall–Kier alpha value is -1.84. The smallest absolute Gasteiger partial charge is 0.307 e. The summed E-state index contributed by atoms with van der Waals surface area (Å²) in [7, 11) is 0. The van der Waals surface area contributed by atoms with Gasteiger partial charge in [0.2, 0.25) is 5.91 Å². The van der Waals surface area contributed by atoms with E-state index in [4.69, 9.17) is 0 Å². The summed E-state index contributed by atoms with van der Waals surface area (Å²) in [4.78, 5) is 26.1. The summed E-state index contributed by atoms with van der Waals surface area (Å²) in [6, 6.07) is 10.5. The summed E-state index contributed by atoms with van der Waals surface area (Å²) in [5.41, 5.74) is 1.35. The van der Waals surface area contributed by atoms with E-state index >= 15 is 0 Å². The Bertz CT molecular complexity index is 549. The standard InChI is InChI=1S/C19H25NO3/c21-18(16-8-4-5-9-17(16)19(22)23)20-12-10-15(11-13-20)14-6-2-1-3-7-14/h1-3,6-7,15-17H,4-5,8-13H2,(H,22,23)/t16-,17-/m0/s1. The van der Waals surface area contributed by atoms with Crippen LogP contribution in [0.25, 0.3) is 0 Å². The lowest BCUT2D eigenvalue weighted by Crippen LogP contribution is -2.45. The summed E-state index contributed by atoms with van der Waals surface area (Å²) in [5.74, 6) is -1.01. The molecule has 1 saturated carbocycles. The minimum absolute atomic E-state index is 0.0728. The number of aliphatic carboxylic acids is 1. The van der Waals surface area contributed by atoms with E-state index in [1.54, 1.807) is 0 Å². The molecule has 2 fully saturated rings. The zero-order valence-corrected chi connectivity index (χ0v) is 13.5. The molecule has 0 spiro atoms. The lowest BCUT2D eigenvalue weighted by atomic mass is 9.78. The monoisotopic (exact) mass is 315 g/mol. The Morgan fingerprint density at radius 1 is 0.913 bits per heavy atom. The molecule has 0 aromatic heterocycles. The number of carbonyl (C=O) groups is 2. The first-order valence-electron chi connectivity index (χ1n) is 8.73. The van der Waals surface area contributed by atoms with Crippen LogP contribution in [0.1, 0.15) is 50.0 Å². The highest BCUT2D eigenvalue weighted by atomic mass is 16.4. The van der Waals surface area contributed by atoms with Gasteiger partial charge in [0.25, 0.3) is 0 Å². The summed E-state index contributed by atoms with van der Waals surface area (Å²) in [6.07, 6.45) is 5.22. The predicted octanol–water partition coefficient (Wildman–Crippen LogP) is 3.28. The van der Waals surface area contributed by atoms with E-state index < -0.39 is 11.9 Å². The summed E-state index contributed by atoms with van der Waals surface area (Å²) >= 11 is 0. The molecule has 3 rings (SSSR count). The van der Waals surface area contributed by atoms with Gasteiger partial charge >= 0.3 is 5.97 Å². The number of piperidine rings is 1. The van der Waals surface area contributed by atoms with Crippen molar-refractivity contribution in [2.75, 3.05) is 13.1 Å². The number of benzene rings is 1. The molecule has 1 aromatic carbocycles. The number of hydrogen-bond acceptors (Lipinski definition) is 2. The molecular formula is C19H25NO3. The molecule has 1 heterocycles. The van der Waals surface area contributed by atoms with Crippen molar-refractivity contribution in [1.29, 1.82) is 0 Å².